The molecule has 9 nitrogen and oxygen atoms in total. The molecule has 1 aromatic rings. The molecule has 0 bridgehead atoms. The second-order valence-electron chi connectivity index (χ2n) is 6.05. The molecule has 1 fully saturated rings. The SMILES string of the molecule is CC(C(=O)NNC(=O)c1ccc(S(=O)(=O)N2CCCC2)cc1)S(C)(=O)=O. The van der Waals surface area contributed by atoms with E-state index < -0.39 is 36.9 Å². The van der Waals surface area contributed by atoms with E-state index in [-0.39, 0.29) is 10.5 Å². The van der Waals surface area contributed by atoms with E-state index >= 15 is 0 Å². The lowest BCUT2D eigenvalue weighted by Crippen LogP contribution is -2.47. The van der Waals surface area contributed by atoms with Gasteiger partial charge in [0.15, 0.2) is 9.84 Å². The molecule has 0 saturated carbocycles. The molecule has 1 atom stereocenters. The van der Waals surface area contributed by atoms with Crippen LogP contribution in [-0.4, -0.2) is 57.6 Å². The summed E-state index contributed by atoms with van der Waals surface area (Å²) in [7, 11) is -7.15. The van der Waals surface area contributed by atoms with Crippen molar-refractivity contribution in [3.05, 3.63) is 29.8 Å². The molecule has 1 aliphatic rings. The van der Waals surface area contributed by atoms with Crippen LogP contribution in [0.2, 0.25) is 0 Å². The van der Waals surface area contributed by atoms with Crippen LogP contribution in [-0.2, 0) is 24.7 Å². The zero-order chi connectivity index (χ0) is 19.5. The highest BCUT2D eigenvalue weighted by Gasteiger charge is 2.27. The van der Waals surface area contributed by atoms with E-state index in [1.54, 1.807) is 0 Å². The van der Waals surface area contributed by atoms with E-state index in [1.807, 2.05) is 5.43 Å². The zero-order valence-electron chi connectivity index (χ0n) is 14.4. The molecule has 2 rings (SSSR count). The molecule has 1 unspecified atom stereocenters. The molecule has 0 aromatic heterocycles. The third kappa shape index (κ3) is 4.59. The Morgan fingerprint density at radius 2 is 1.54 bits per heavy atom. The number of benzene rings is 1. The highest BCUT2D eigenvalue weighted by molar-refractivity contribution is 7.92. The van der Waals surface area contributed by atoms with Gasteiger partial charge in [0.05, 0.1) is 4.90 Å². The Morgan fingerprint density at radius 3 is 2.04 bits per heavy atom. The van der Waals surface area contributed by atoms with Crippen molar-refractivity contribution >= 4 is 31.7 Å². The summed E-state index contributed by atoms with van der Waals surface area (Å²) in [6, 6.07) is 5.29. The van der Waals surface area contributed by atoms with Gasteiger partial charge in [0.25, 0.3) is 11.8 Å². The van der Waals surface area contributed by atoms with Crippen LogP contribution >= 0.6 is 0 Å². The quantitative estimate of drug-likeness (QED) is 0.647. The van der Waals surface area contributed by atoms with Gasteiger partial charge in [-0.15, -0.1) is 0 Å². The summed E-state index contributed by atoms with van der Waals surface area (Å²) in [6.07, 6.45) is 2.56. The van der Waals surface area contributed by atoms with Crippen molar-refractivity contribution in [1.82, 2.24) is 15.2 Å². The molecule has 0 radical (unpaired) electrons. The van der Waals surface area contributed by atoms with Gasteiger partial charge in [-0.25, -0.2) is 16.8 Å². The third-order valence-corrected chi connectivity index (χ3v) is 7.54. The number of hydrogen-bond donors (Lipinski definition) is 2. The number of hydrogen-bond acceptors (Lipinski definition) is 6. The van der Waals surface area contributed by atoms with Crippen LogP contribution in [0.25, 0.3) is 0 Å². The van der Waals surface area contributed by atoms with Crippen molar-refractivity contribution in [2.75, 3.05) is 19.3 Å². The number of carbonyl (C=O) groups excluding carboxylic acids is 2. The Labute approximate surface area is 152 Å². The van der Waals surface area contributed by atoms with Gasteiger partial charge in [0, 0.05) is 24.9 Å². The highest BCUT2D eigenvalue weighted by Crippen LogP contribution is 2.21. The van der Waals surface area contributed by atoms with E-state index in [0.29, 0.717) is 13.1 Å². The van der Waals surface area contributed by atoms with E-state index in [1.165, 1.54) is 35.5 Å². The maximum atomic E-state index is 12.4. The van der Waals surface area contributed by atoms with Gasteiger partial charge in [0.1, 0.15) is 5.25 Å². The maximum absolute atomic E-state index is 12.4. The summed E-state index contributed by atoms with van der Waals surface area (Å²) in [4.78, 5) is 23.8. The van der Waals surface area contributed by atoms with Crippen molar-refractivity contribution in [2.24, 2.45) is 0 Å². The monoisotopic (exact) mass is 403 g/mol. The first-order valence-electron chi connectivity index (χ1n) is 7.93. The van der Waals surface area contributed by atoms with Gasteiger partial charge in [-0.2, -0.15) is 4.31 Å². The van der Waals surface area contributed by atoms with Gasteiger partial charge in [-0.1, -0.05) is 0 Å². The van der Waals surface area contributed by atoms with E-state index in [4.69, 9.17) is 0 Å². The Kier molecular flexibility index (Phi) is 6.04. The predicted octanol–water partition coefficient (Wildman–Crippen LogP) is -0.335. The number of carbonyl (C=O) groups is 2. The average Bonchev–Trinajstić information content (AvgIpc) is 3.13. The fraction of sp³-hybridized carbons (Fsp3) is 0.467. The average molecular weight is 403 g/mol. The van der Waals surface area contributed by atoms with Gasteiger partial charge in [-0.3, -0.25) is 20.4 Å². The van der Waals surface area contributed by atoms with Crippen molar-refractivity contribution in [3.63, 3.8) is 0 Å². The number of nitrogens with one attached hydrogen (secondary N) is 2. The van der Waals surface area contributed by atoms with E-state index in [0.717, 1.165) is 19.1 Å². The molecule has 144 valence electrons. The fourth-order valence-corrected chi connectivity index (χ4v) is 4.31. The van der Waals surface area contributed by atoms with Crippen LogP contribution in [0.1, 0.15) is 30.1 Å². The topological polar surface area (TPSA) is 130 Å². The smallest absolute Gasteiger partial charge is 0.269 e. The van der Waals surface area contributed by atoms with Crippen molar-refractivity contribution < 1.29 is 26.4 Å². The number of sulfone groups is 1. The number of hydrazine groups is 1. The van der Waals surface area contributed by atoms with Gasteiger partial charge in [0.2, 0.25) is 10.0 Å². The summed E-state index contributed by atoms with van der Waals surface area (Å²) in [6.45, 7) is 2.17. The second-order valence-corrected chi connectivity index (χ2v) is 10.4. The first-order valence-corrected chi connectivity index (χ1v) is 11.3. The summed E-state index contributed by atoms with van der Waals surface area (Å²) < 4.78 is 48.8. The molecule has 2 N–H and O–H groups in total. The van der Waals surface area contributed by atoms with E-state index in [9.17, 15) is 26.4 Å². The zero-order valence-corrected chi connectivity index (χ0v) is 16.1. The molecular weight excluding hydrogens is 382 g/mol. The molecule has 1 aromatic carbocycles. The lowest BCUT2D eigenvalue weighted by molar-refractivity contribution is -0.121. The van der Waals surface area contributed by atoms with E-state index in [2.05, 4.69) is 5.43 Å². The minimum Gasteiger partial charge on any atom is -0.272 e. The highest BCUT2D eigenvalue weighted by atomic mass is 32.2. The first-order chi connectivity index (χ1) is 12.0. The Bertz CT molecular complexity index is 888. The molecule has 1 heterocycles. The molecule has 0 aliphatic carbocycles. The Hall–Kier alpha value is -1.98. The molecular formula is C15H21N3O6S2. The number of nitrogens with zero attached hydrogens (tertiary/aromatic N) is 1. The Morgan fingerprint density at radius 1 is 1.00 bits per heavy atom. The largest absolute Gasteiger partial charge is 0.272 e. The minimum atomic E-state index is -3.58. The molecule has 26 heavy (non-hydrogen) atoms. The van der Waals surface area contributed by atoms with Gasteiger partial charge < -0.3 is 0 Å². The molecule has 1 aliphatic heterocycles. The van der Waals surface area contributed by atoms with Gasteiger partial charge >= 0.3 is 0 Å². The molecule has 2 amide bonds. The van der Waals surface area contributed by atoms with Crippen LogP contribution in [0.4, 0.5) is 0 Å². The predicted molar refractivity (Wildman–Crippen MR) is 94.3 cm³/mol. The van der Waals surface area contributed by atoms with Crippen LogP contribution in [0.15, 0.2) is 29.2 Å². The summed E-state index contributed by atoms with van der Waals surface area (Å²) in [5.74, 6) is -1.56. The molecule has 11 heteroatoms. The van der Waals surface area contributed by atoms with Crippen molar-refractivity contribution in [2.45, 2.75) is 29.9 Å². The van der Waals surface area contributed by atoms with Gasteiger partial charge in [-0.05, 0) is 44.0 Å². The maximum Gasteiger partial charge on any atom is 0.269 e. The summed E-state index contributed by atoms with van der Waals surface area (Å²) in [5.41, 5.74) is 4.26. The number of sulfonamides is 1. The molecule has 0 spiro atoms. The minimum absolute atomic E-state index is 0.0886. The van der Waals surface area contributed by atoms with Crippen LogP contribution < -0.4 is 10.9 Å². The first kappa shape index (κ1) is 20.3. The number of amides is 2. The lowest BCUT2D eigenvalue weighted by Gasteiger charge is -2.15. The van der Waals surface area contributed by atoms with Crippen LogP contribution in [0.5, 0.6) is 0 Å². The van der Waals surface area contributed by atoms with Crippen molar-refractivity contribution in [1.29, 1.82) is 0 Å². The lowest BCUT2D eigenvalue weighted by atomic mass is 10.2. The van der Waals surface area contributed by atoms with Crippen molar-refractivity contribution in [3.8, 4) is 0 Å². The third-order valence-electron chi connectivity index (χ3n) is 4.13. The summed E-state index contributed by atoms with van der Waals surface area (Å²) in [5, 5.41) is -1.31. The number of rotatable bonds is 5. The summed E-state index contributed by atoms with van der Waals surface area (Å²) >= 11 is 0. The van der Waals surface area contributed by atoms with Crippen LogP contribution in [0, 0.1) is 0 Å². The Balaban J connectivity index is 2.02. The fourth-order valence-electron chi connectivity index (χ4n) is 2.34. The molecule has 1 saturated heterocycles. The second kappa shape index (κ2) is 7.72. The normalized spacial score (nSPS) is 16.8. The standard InChI is InChI=1S/C15H21N3O6S2/c1-11(25(2,21)22)14(19)16-17-15(20)12-5-7-13(8-6-12)26(23,24)18-9-3-4-10-18/h5-8,11H,3-4,9-10H2,1-2H3,(H,16,19)(H,17,20). The van der Waals surface area contributed by atoms with Crippen LogP contribution in [0.3, 0.4) is 0 Å².